The van der Waals surface area contributed by atoms with Gasteiger partial charge in [-0.3, -0.25) is 19.7 Å². The number of nitrogens with zero attached hydrogens (tertiary/aromatic N) is 3. The predicted octanol–water partition coefficient (Wildman–Crippen LogP) is 3.74. The average molecular weight is 444 g/mol. The lowest BCUT2D eigenvalue weighted by molar-refractivity contribution is -0.384. The monoisotopic (exact) mass is 444 g/mol. The molecule has 3 aromatic carbocycles. The van der Waals surface area contributed by atoms with Gasteiger partial charge in [0.05, 0.1) is 22.6 Å². The Morgan fingerprint density at radius 3 is 2.15 bits per heavy atom. The number of nitro groups is 1. The summed E-state index contributed by atoms with van der Waals surface area (Å²) >= 11 is 0. The smallest absolute Gasteiger partial charge is 0.269 e. The molecule has 0 atom stereocenters. The number of para-hydroxylation sites is 2. The molecule has 0 aromatic heterocycles. The molecule has 0 unspecified atom stereocenters. The number of nitrogens with one attached hydrogen (secondary N) is 1. The second-order valence-corrected chi connectivity index (χ2v) is 7.81. The van der Waals surface area contributed by atoms with Gasteiger partial charge in [0.2, 0.25) is 5.91 Å². The van der Waals surface area contributed by atoms with Gasteiger partial charge in [-0.05, 0) is 29.8 Å². The van der Waals surface area contributed by atoms with Crippen LogP contribution in [0.4, 0.5) is 17.1 Å². The highest BCUT2D eigenvalue weighted by atomic mass is 16.6. The molecule has 1 saturated heterocycles. The first-order chi connectivity index (χ1) is 16.0. The van der Waals surface area contributed by atoms with E-state index >= 15 is 0 Å². The van der Waals surface area contributed by atoms with Gasteiger partial charge in [0.1, 0.15) is 0 Å². The van der Waals surface area contributed by atoms with Crippen LogP contribution in [0.2, 0.25) is 0 Å². The van der Waals surface area contributed by atoms with Crippen LogP contribution in [0.15, 0.2) is 78.9 Å². The Kier molecular flexibility index (Phi) is 6.64. The number of hydrogen-bond donors (Lipinski definition) is 1. The summed E-state index contributed by atoms with van der Waals surface area (Å²) in [5, 5.41) is 13.6. The van der Waals surface area contributed by atoms with Crippen LogP contribution < -0.4 is 10.2 Å². The summed E-state index contributed by atoms with van der Waals surface area (Å²) in [7, 11) is 0. The van der Waals surface area contributed by atoms with Gasteiger partial charge in [-0.1, -0.05) is 42.5 Å². The highest BCUT2D eigenvalue weighted by Gasteiger charge is 2.24. The molecule has 1 aliphatic rings. The third-order valence-electron chi connectivity index (χ3n) is 5.63. The minimum atomic E-state index is -0.481. The van der Waals surface area contributed by atoms with Crippen LogP contribution in [0.25, 0.3) is 0 Å². The Balaban J connectivity index is 1.39. The SMILES string of the molecule is O=C(Cc1ccc([N+](=O)[O-])cc1)Nc1ccccc1C(=O)N1CCN(c2ccccc2)CC1. The number of rotatable bonds is 6. The minimum absolute atomic E-state index is 0.0255. The molecule has 0 spiro atoms. The van der Waals surface area contributed by atoms with Crippen molar-refractivity contribution in [2.45, 2.75) is 6.42 Å². The quantitative estimate of drug-likeness (QED) is 0.462. The lowest BCUT2D eigenvalue weighted by Gasteiger charge is -2.36. The zero-order valence-electron chi connectivity index (χ0n) is 18.0. The predicted molar refractivity (Wildman–Crippen MR) is 126 cm³/mol. The number of carbonyl (C=O) groups is 2. The number of anilines is 2. The third-order valence-corrected chi connectivity index (χ3v) is 5.63. The van der Waals surface area contributed by atoms with Crippen molar-refractivity contribution in [2.24, 2.45) is 0 Å². The van der Waals surface area contributed by atoms with Gasteiger partial charge in [0, 0.05) is 44.0 Å². The van der Waals surface area contributed by atoms with Crippen LogP contribution in [0.1, 0.15) is 15.9 Å². The number of piperazine rings is 1. The summed E-state index contributed by atoms with van der Waals surface area (Å²) < 4.78 is 0. The molecule has 3 aromatic rings. The highest BCUT2D eigenvalue weighted by Crippen LogP contribution is 2.21. The van der Waals surface area contributed by atoms with E-state index in [1.54, 1.807) is 41.3 Å². The van der Waals surface area contributed by atoms with Crippen molar-refractivity contribution >= 4 is 28.9 Å². The van der Waals surface area contributed by atoms with Gasteiger partial charge < -0.3 is 15.1 Å². The maximum atomic E-state index is 13.2. The lowest BCUT2D eigenvalue weighted by atomic mass is 10.1. The number of non-ortho nitro benzene ring substituents is 1. The number of nitro benzene ring substituents is 1. The van der Waals surface area contributed by atoms with Gasteiger partial charge in [-0.15, -0.1) is 0 Å². The second-order valence-electron chi connectivity index (χ2n) is 7.81. The number of hydrogen-bond acceptors (Lipinski definition) is 5. The van der Waals surface area contributed by atoms with E-state index in [0.29, 0.717) is 29.9 Å². The summed E-state index contributed by atoms with van der Waals surface area (Å²) in [6.45, 7) is 2.67. The van der Waals surface area contributed by atoms with Gasteiger partial charge in [0.15, 0.2) is 0 Å². The summed E-state index contributed by atoms with van der Waals surface area (Å²) in [4.78, 5) is 40.1. The van der Waals surface area contributed by atoms with Crippen LogP contribution in [0.5, 0.6) is 0 Å². The van der Waals surface area contributed by atoms with Crippen molar-refractivity contribution in [3.8, 4) is 0 Å². The Morgan fingerprint density at radius 2 is 1.48 bits per heavy atom. The van der Waals surface area contributed by atoms with Crippen molar-refractivity contribution in [1.29, 1.82) is 0 Å². The van der Waals surface area contributed by atoms with E-state index in [4.69, 9.17) is 0 Å². The standard InChI is InChI=1S/C25H24N4O4/c30-24(18-19-10-12-21(13-11-19)29(32)33)26-23-9-5-4-8-22(23)25(31)28-16-14-27(15-17-28)20-6-2-1-3-7-20/h1-13H,14-18H2,(H,26,30). The molecular weight excluding hydrogens is 420 g/mol. The average Bonchev–Trinajstić information content (AvgIpc) is 2.85. The van der Waals surface area contributed by atoms with E-state index in [1.165, 1.54) is 12.1 Å². The van der Waals surface area contributed by atoms with Crippen molar-refractivity contribution < 1.29 is 14.5 Å². The normalized spacial score (nSPS) is 13.5. The van der Waals surface area contributed by atoms with Gasteiger partial charge >= 0.3 is 0 Å². The second kappa shape index (κ2) is 9.95. The molecule has 1 heterocycles. The van der Waals surface area contributed by atoms with Gasteiger partial charge in [-0.2, -0.15) is 0 Å². The summed E-state index contributed by atoms with van der Waals surface area (Å²) in [6, 6.07) is 22.9. The fourth-order valence-electron chi connectivity index (χ4n) is 3.87. The fraction of sp³-hybridized carbons (Fsp3) is 0.200. The van der Waals surface area contributed by atoms with Crippen molar-refractivity contribution in [1.82, 2.24) is 4.90 Å². The van der Waals surface area contributed by atoms with Crippen LogP contribution >= 0.6 is 0 Å². The summed E-state index contributed by atoms with van der Waals surface area (Å²) in [5.74, 6) is -0.410. The summed E-state index contributed by atoms with van der Waals surface area (Å²) in [6.07, 6.45) is 0.0519. The largest absolute Gasteiger partial charge is 0.368 e. The van der Waals surface area contributed by atoms with E-state index in [2.05, 4.69) is 22.3 Å². The van der Waals surface area contributed by atoms with E-state index in [9.17, 15) is 19.7 Å². The number of carbonyl (C=O) groups excluding carboxylic acids is 2. The first-order valence-electron chi connectivity index (χ1n) is 10.7. The molecule has 0 radical (unpaired) electrons. The maximum Gasteiger partial charge on any atom is 0.269 e. The fourth-order valence-corrected chi connectivity index (χ4v) is 3.87. The molecule has 0 aliphatic carbocycles. The molecule has 33 heavy (non-hydrogen) atoms. The molecule has 1 fully saturated rings. The Morgan fingerprint density at radius 1 is 0.848 bits per heavy atom. The zero-order chi connectivity index (χ0) is 23.2. The Bertz CT molecular complexity index is 1140. The molecule has 1 aliphatic heterocycles. The molecular formula is C25H24N4O4. The topological polar surface area (TPSA) is 95.8 Å². The van der Waals surface area contributed by atoms with Crippen LogP contribution in [0, 0.1) is 10.1 Å². The Labute approximate surface area is 191 Å². The summed E-state index contributed by atoms with van der Waals surface area (Å²) in [5.41, 5.74) is 2.67. The zero-order valence-corrected chi connectivity index (χ0v) is 18.0. The van der Waals surface area contributed by atoms with E-state index < -0.39 is 4.92 Å². The third kappa shape index (κ3) is 5.35. The lowest BCUT2D eigenvalue weighted by Crippen LogP contribution is -2.48. The first kappa shape index (κ1) is 22.0. The van der Waals surface area contributed by atoms with Gasteiger partial charge in [-0.25, -0.2) is 0 Å². The van der Waals surface area contributed by atoms with Gasteiger partial charge in [0.25, 0.3) is 11.6 Å². The molecule has 8 heteroatoms. The number of benzene rings is 3. The highest BCUT2D eigenvalue weighted by molar-refractivity contribution is 6.04. The molecule has 0 saturated carbocycles. The van der Waals surface area contributed by atoms with Crippen LogP contribution in [-0.2, 0) is 11.2 Å². The van der Waals surface area contributed by atoms with Crippen molar-refractivity contribution in [3.05, 3.63) is 100 Å². The van der Waals surface area contributed by atoms with Crippen molar-refractivity contribution in [2.75, 3.05) is 36.4 Å². The van der Waals surface area contributed by atoms with Crippen LogP contribution in [0.3, 0.4) is 0 Å². The molecule has 8 nitrogen and oxygen atoms in total. The molecule has 168 valence electrons. The molecule has 2 amide bonds. The van der Waals surface area contributed by atoms with Crippen molar-refractivity contribution in [3.63, 3.8) is 0 Å². The van der Waals surface area contributed by atoms with E-state index in [-0.39, 0.29) is 23.9 Å². The number of amides is 2. The molecule has 0 bridgehead atoms. The maximum absolute atomic E-state index is 13.2. The van der Waals surface area contributed by atoms with E-state index in [0.717, 1.165) is 18.8 Å². The molecule has 1 N–H and O–H groups in total. The minimum Gasteiger partial charge on any atom is -0.368 e. The van der Waals surface area contributed by atoms with Crippen LogP contribution in [-0.4, -0.2) is 47.8 Å². The first-order valence-corrected chi connectivity index (χ1v) is 10.7. The molecule has 4 rings (SSSR count). The van der Waals surface area contributed by atoms with E-state index in [1.807, 2.05) is 18.2 Å². The Hall–Kier alpha value is -4.20.